The third-order valence-corrected chi connectivity index (χ3v) is 5.60. The van der Waals surface area contributed by atoms with Crippen LogP contribution in [0.3, 0.4) is 0 Å². The molecule has 0 saturated carbocycles. The smallest absolute Gasteiger partial charge is 0.339 e. The molecule has 178 valence electrons. The molecule has 0 spiro atoms. The number of methoxy groups -OCH3 is 4. The highest BCUT2D eigenvalue weighted by Crippen LogP contribution is 2.32. The molecule has 0 radical (unpaired) electrons. The van der Waals surface area contributed by atoms with Crippen molar-refractivity contribution in [1.82, 2.24) is 0 Å². The summed E-state index contributed by atoms with van der Waals surface area (Å²) >= 11 is 0. The maximum atomic E-state index is 12.8. The van der Waals surface area contributed by atoms with E-state index in [0.29, 0.717) is 5.75 Å². The Labute approximate surface area is 191 Å². The number of amides is 1. The first-order chi connectivity index (χ1) is 15.5. The van der Waals surface area contributed by atoms with Crippen LogP contribution in [-0.2, 0) is 24.3 Å². The lowest BCUT2D eigenvalue weighted by molar-refractivity contribution is -0.114. The first-order valence-electron chi connectivity index (χ1n) is 9.36. The predicted octanol–water partition coefficient (Wildman–Crippen LogP) is 1.68. The summed E-state index contributed by atoms with van der Waals surface area (Å²) in [7, 11) is 1.27. The third-order valence-electron chi connectivity index (χ3n) is 4.46. The number of carbonyl (C=O) groups is 3. The lowest BCUT2D eigenvalue weighted by atomic mass is 10.1. The fourth-order valence-corrected chi connectivity index (χ4v) is 3.73. The Kier molecular flexibility index (Phi) is 8.24. The van der Waals surface area contributed by atoms with Gasteiger partial charge in [-0.2, -0.15) is 0 Å². The molecule has 0 atom stereocenters. The molecule has 2 aromatic carbocycles. The van der Waals surface area contributed by atoms with E-state index in [-0.39, 0.29) is 28.3 Å². The van der Waals surface area contributed by atoms with Crippen molar-refractivity contribution in [3.63, 3.8) is 0 Å². The number of esters is 2. The van der Waals surface area contributed by atoms with Gasteiger partial charge in [0, 0.05) is 6.07 Å². The van der Waals surface area contributed by atoms with Gasteiger partial charge in [0.1, 0.15) is 6.54 Å². The number of hydrogen-bond donors (Lipinski definition) is 1. The fourth-order valence-electron chi connectivity index (χ4n) is 2.88. The number of hydrogen-bond acceptors (Lipinski definition) is 9. The molecular formula is C21H24N2O9S. The topological polar surface area (TPSA) is 138 Å². The molecule has 0 fully saturated rings. The Morgan fingerprint density at radius 2 is 1.52 bits per heavy atom. The molecule has 0 saturated heterocycles. The number of anilines is 2. The van der Waals surface area contributed by atoms with E-state index in [1.807, 2.05) is 0 Å². The first-order valence-corrected chi connectivity index (χ1v) is 11.2. The summed E-state index contributed by atoms with van der Waals surface area (Å²) in [6.45, 7) is -0.628. The zero-order valence-electron chi connectivity index (χ0n) is 18.7. The average molecular weight is 480 g/mol. The Morgan fingerprint density at radius 3 is 2.06 bits per heavy atom. The summed E-state index contributed by atoms with van der Waals surface area (Å²) in [5, 5.41) is 2.46. The largest absolute Gasteiger partial charge is 0.493 e. The van der Waals surface area contributed by atoms with E-state index in [9.17, 15) is 22.8 Å². The van der Waals surface area contributed by atoms with Crippen LogP contribution >= 0.6 is 0 Å². The van der Waals surface area contributed by atoms with Gasteiger partial charge in [0.05, 0.1) is 57.2 Å². The van der Waals surface area contributed by atoms with Crippen molar-refractivity contribution in [2.24, 2.45) is 0 Å². The van der Waals surface area contributed by atoms with Gasteiger partial charge in [-0.15, -0.1) is 0 Å². The highest BCUT2D eigenvalue weighted by Gasteiger charge is 2.24. The molecule has 1 amide bonds. The van der Waals surface area contributed by atoms with Crippen LogP contribution < -0.4 is 19.1 Å². The van der Waals surface area contributed by atoms with Crippen LogP contribution in [0.15, 0.2) is 36.4 Å². The molecule has 0 bridgehead atoms. The van der Waals surface area contributed by atoms with E-state index in [0.717, 1.165) is 17.7 Å². The summed E-state index contributed by atoms with van der Waals surface area (Å²) in [5.41, 5.74) is 0.146. The van der Waals surface area contributed by atoms with Gasteiger partial charge in [-0.3, -0.25) is 9.10 Å². The Hall–Kier alpha value is -3.80. The van der Waals surface area contributed by atoms with Crippen molar-refractivity contribution in [1.29, 1.82) is 0 Å². The zero-order valence-corrected chi connectivity index (χ0v) is 19.5. The van der Waals surface area contributed by atoms with Gasteiger partial charge < -0.3 is 24.3 Å². The molecule has 0 aliphatic rings. The first kappa shape index (κ1) is 25.5. The molecule has 1 N–H and O–H groups in total. The summed E-state index contributed by atoms with van der Waals surface area (Å²) in [6, 6.07) is 8.21. The van der Waals surface area contributed by atoms with Gasteiger partial charge in [0.25, 0.3) is 0 Å². The van der Waals surface area contributed by atoms with Crippen LogP contribution in [0.25, 0.3) is 0 Å². The molecule has 2 rings (SSSR count). The molecule has 2 aromatic rings. The maximum absolute atomic E-state index is 12.8. The van der Waals surface area contributed by atoms with E-state index in [1.165, 1.54) is 57.7 Å². The van der Waals surface area contributed by atoms with Crippen LogP contribution in [0.5, 0.6) is 11.5 Å². The standard InChI is InChI=1S/C21H24N2O9S/c1-29-17-9-7-14(11-18(17)30-2)23(33(5,27)28)12-19(24)22-16-10-13(20(25)31-3)6-8-15(16)21(26)32-4/h6-11H,12H2,1-5H3,(H,22,24). The molecule has 12 heteroatoms. The lowest BCUT2D eigenvalue weighted by Crippen LogP contribution is -2.37. The number of nitrogens with one attached hydrogen (secondary N) is 1. The van der Waals surface area contributed by atoms with Crippen LogP contribution in [0.1, 0.15) is 20.7 Å². The van der Waals surface area contributed by atoms with E-state index < -0.39 is 34.4 Å². The number of sulfonamides is 1. The van der Waals surface area contributed by atoms with Crippen LogP contribution in [-0.4, -0.2) is 67.5 Å². The normalized spacial score (nSPS) is 10.7. The average Bonchev–Trinajstić information content (AvgIpc) is 2.80. The minimum atomic E-state index is -3.90. The number of benzene rings is 2. The van der Waals surface area contributed by atoms with Crippen molar-refractivity contribution in [2.75, 3.05) is 50.9 Å². The molecule has 11 nitrogen and oxygen atoms in total. The second-order valence-electron chi connectivity index (χ2n) is 6.60. The van der Waals surface area contributed by atoms with Crippen molar-refractivity contribution in [3.05, 3.63) is 47.5 Å². The fraction of sp³-hybridized carbons (Fsp3) is 0.286. The summed E-state index contributed by atoms with van der Waals surface area (Å²) < 4.78 is 45.4. The number of carbonyl (C=O) groups excluding carboxylic acids is 3. The van der Waals surface area contributed by atoms with Gasteiger partial charge >= 0.3 is 11.9 Å². The minimum Gasteiger partial charge on any atom is -0.493 e. The third kappa shape index (κ3) is 6.13. The van der Waals surface area contributed by atoms with Crippen LogP contribution in [0.4, 0.5) is 11.4 Å². The maximum Gasteiger partial charge on any atom is 0.339 e. The molecule has 0 aliphatic carbocycles. The molecular weight excluding hydrogens is 456 g/mol. The quantitative estimate of drug-likeness (QED) is 0.531. The highest BCUT2D eigenvalue weighted by molar-refractivity contribution is 7.92. The Bertz CT molecular complexity index is 1160. The lowest BCUT2D eigenvalue weighted by Gasteiger charge is -2.23. The molecule has 0 unspecified atom stereocenters. The van der Waals surface area contributed by atoms with E-state index in [1.54, 1.807) is 0 Å². The van der Waals surface area contributed by atoms with Crippen molar-refractivity contribution in [3.8, 4) is 11.5 Å². The highest BCUT2D eigenvalue weighted by atomic mass is 32.2. The number of nitrogens with zero attached hydrogens (tertiary/aromatic N) is 1. The van der Waals surface area contributed by atoms with Gasteiger partial charge in [-0.1, -0.05) is 0 Å². The van der Waals surface area contributed by atoms with Crippen molar-refractivity contribution >= 4 is 39.2 Å². The van der Waals surface area contributed by atoms with Gasteiger partial charge in [0.15, 0.2) is 11.5 Å². The second kappa shape index (κ2) is 10.7. The van der Waals surface area contributed by atoms with E-state index in [2.05, 4.69) is 10.1 Å². The Balaban J connectivity index is 2.40. The Morgan fingerprint density at radius 1 is 0.879 bits per heavy atom. The number of ether oxygens (including phenoxy) is 4. The van der Waals surface area contributed by atoms with Gasteiger partial charge in [-0.05, 0) is 30.3 Å². The van der Waals surface area contributed by atoms with Crippen LogP contribution in [0, 0.1) is 0 Å². The predicted molar refractivity (Wildman–Crippen MR) is 119 cm³/mol. The van der Waals surface area contributed by atoms with Crippen molar-refractivity contribution in [2.45, 2.75) is 0 Å². The minimum absolute atomic E-state index is 0.0319. The SMILES string of the molecule is COC(=O)c1ccc(C(=O)OC)c(NC(=O)CN(c2ccc(OC)c(OC)c2)S(C)(=O)=O)c1. The molecule has 33 heavy (non-hydrogen) atoms. The summed E-state index contributed by atoms with van der Waals surface area (Å²) in [4.78, 5) is 36.7. The monoisotopic (exact) mass is 480 g/mol. The number of rotatable bonds is 9. The molecule has 0 heterocycles. The zero-order chi connectivity index (χ0) is 24.8. The second-order valence-corrected chi connectivity index (χ2v) is 8.51. The molecule has 0 aromatic heterocycles. The van der Waals surface area contributed by atoms with E-state index >= 15 is 0 Å². The summed E-state index contributed by atoms with van der Waals surface area (Å²) in [6.07, 6.45) is 0.939. The van der Waals surface area contributed by atoms with Gasteiger partial charge in [-0.25, -0.2) is 18.0 Å². The summed E-state index contributed by atoms with van der Waals surface area (Å²) in [5.74, 6) is -1.58. The van der Waals surface area contributed by atoms with Crippen molar-refractivity contribution < 1.29 is 41.7 Å². The molecule has 0 aliphatic heterocycles. The van der Waals surface area contributed by atoms with Gasteiger partial charge in [0.2, 0.25) is 15.9 Å². The van der Waals surface area contributed by atoms with E-state index in [4.69, 9.17) is 14.2 Å². The van der Waals surface area contributed by atoms with Crippen LogP contribution in [0.2, 0.25) is 0 Å².